The molecule has 1 unspecified atom stereocenters. The Morgan fingerprint density at radius 2 is 2.23 bits per heavy atom. The van der Waals surface area contributed by atoms with Crippen molar-refractivity contribution >= 4 is 0 Å². The molecular formula is C8H14N4O. The molecule has 0 aliphatic carbocycles. The molecule has 0 bridgehead atoms. The van der Waals surface area contributed by atoms with Gasteiger partial charge in [0.05, 0.1) is 6.04 Å². The van der Waals surface area contributed by atoms with Crippen molar-refractivity contribution in [1.29, 1.82) is 0 Å². The van der Waals surface area contributed by atoms with Gasteiger partial charge in [0.15, 0.2) is 0 Å². The number of rotatable bonds is 1. The van der Waals surface area contributed by atoms with Gasteiger partial charge in [-0.2, -0.15) is 5.10 Å². The van der Waals surface area contributed by atoms with Crippen LogP contribution in [0.1, 0.15) is 37.5 Å². The van der Waals surface area contributed by atoms with Crippen molar-refractivity contribution in [3.63, 3.8) is 0 Å². The average molecular weight is 182 g/mol. The van der Waals surface area contributed by atoms with E-state index in [4.69, 9.17) is 0 Å². The Balaban J connectivity index is 2.10. The van der Waals surface area contributed by atoms with Crippen molar-refractivity contribution in [2.75, 3.05) is 6.54 Å². The molecule has 72 valence electrons. The Hall–Kier alpha value is -1.10. The standard InChI is InChI=1S/C8H14N4O/c13-8-10-7(11-12-8)6-4-2-1-3-5-9-6/h6,9H,1-5H2,(H2,10,11,12,13). The predicted molar refractivity (Wildman–Crippen MR) is 48.4 cm³/mol. The first-order valence-electron chi connectivity index (χ1n) is 4.74. The minimum absolute atomic E-state index is 0.221. The molecule has 5 heteroatoms. The van der Waals surface area contributed by atoms with Crippen LogP contribution < -0.4 is 11.0 Å². The van der Waals surface area contributed by atoms with Crippen molar-refractivity contribution in [3.8, 4) is 0 Å². The molecule has 2 heterocycles. The van der Waals surface area contributed by atoms with Crippen LogP contribution in [0.3, 0.4) is 0 Å². The first kappa shape index (κ1) is 8.50. The van der Waals surface area contributed by atoms with E-state index in [1.54, 1.807) is 0 Å². The lowest BCUT2D eigenvalue weighted by Gasteiger charge is -2.10. The maximum absolute atomic E-state index is 10.8. The summed E-state index contributed by atoms with van der Waals surface area (Å²) in [5, 5.41) is 9.67. The third kappa shape index (κ3) is 1.98. The second kappa shape index (κ2) is 3.74. The minimum Gasteiger partial charge on any atom is -0.307 e. The Labute approximate surface area is 75.9 Å². The van der Waals surface area contributed by atoms with E-state index in [0.717, 1.165) is 18.8 Å². The molecule has 13 heavy (non-hydrogen) atoms. The molecule has 0 amide bonds. The third-order valence-corrected chi connectivity index (χ3v) is 2.41. The van der Waals surface area contributed by atoms with Gasteiger partial charge in [0.25, 0.3) is 0 Å². The number of nitrogens with one attached hydrogen (secondary N) is 3. The van der Waals surface area contributed by atoms with Gasteiger partial charge in [-0.3, -0.25) is 4.98 Å². The monoisotopic (exact) mass is 182 g/mol. The Morgan fingerprint density at radius 3 is 3.00 bits per heavy atom. The zero-order valence-electron chi connectivity index (χ0n) is 7.47. The Kier molecular flexibility index (Phi) is 2.44. The highest BCUT2D eigenvalue weighted by molar-refractivity contribution is 4.92. The first-order chi connectivity index (χ1) is 6.36. The van der Waals surface area contributed by atoms with Crippen LogP contribution in [0.4, 0.5) is 0 Å². The molecule has 1 aliphatic rings. The normalized spacial score (nSPS) is 24.2. The molecule has 0 saturated carbocycles. The van der Waals surface area contributed by atoms with E-state index in [2.05, 4.69) is 20.5 Å². The Bertz CT molecular complexity index is 308. The highest BCUT2D eigenvalue weighted by Gasteiger charge is 2.16. The molecule has 0 aromatic carbocycles. The Morgan fingerprint density at radius 1 is 1.31 bits per heavy atom. The summed E-state index contributed by atoms with van der Waals surface area (Å²) in [6, 6.07) is 0.224. The minimum atomic E-state index is -0.221. The van der Waals surface area contributed by atoms with E-state index < -0.39 is 0 Å². The van der Waals surface area contributed by atoms with Gasteiger partial charge in [0.2, 0.25) is 0 Å². The summed E-state index contributed by atoms with van der Waals surface area (Å²) in [4.78, 5) is 13.5. The van der Waals surface area contributed by atoms with Crippen molar-refractivity contribution in [2.45, 2.75) is 31.7 Å². The van der Waals surface area contributed by atoms with Crippen LogP contribution in [0.2, 0.25) is 0 Å². The van der Waals surface area contributed by atoms with Gasteiger partial charge < -0.3 is 5.32 Å². The van der Waals surface area contributed by atoms with Gasteiger partial charge in [-0.05, 0) is 19.4 Å². The molecule has 3 N–H and O–H groups in total. The molecule has 1 aromatic rings. The second-order valence-corrected chi connectivity index (χ2v) is 3.42. The van der Waals surface area contributed by atoms with Crippen LogP contribution in [0, 0.1) is 0 Å². The van der Waals surface area contributed by atoms with E-state index in [1.165, 1.54) is 19.3 Å². The SMILES string of the molecule is O=c1[nH]nc(C2CCCCCN2)[nH]1. The second-order valence-electron chi connectivity index (χ2n) is 3.42. The van der Waals surface area contributed by atoms with E-state index in [9.17, 15) is 4.79 Å². The van der Waals surface area contributed by atoms with Gasteiger partial charge in [-0.25, -0.2) is 9.89 Å². The van der Waals surface area contributed by atoms with Crippen LogP contribution in [0.25, 0.3) is 0 Å². The van der Waals surface area contributed by atoms with E-state index in [-0.39, 0.29) is 11.7 Å². The van der Waals surface area contributed by atoms with Crippen LogP contribution in [-0.4, -0.2) is 21.7 Å². The van der Waals surface area contributed by atoms with Crippen molar-refractivity contribution < 1.29 is 0 Å². The first-order valence-corrected chi connectivity index (χ1v) is 4.74. The van der Waals surface area contributed by atoms with Crippen molar-refractivity contribution in [3.05, 3.63) is 16.3 Å². The summed E-state index contributed by atoms with van der Waals surface area (Å²) in [6.45, 7) is 1.01. The summed E-state index contributed by atoms with van der Waals surface area (Å²) in [5.74, 6) is 0.743. The number of hydrogen-bond acceptors (Lipinski definition) is 3. The highest BCUT2D eigenvalue weighted by atomic mass is 16.1. The van der Waals surface area contributed by atoms with Crippen molar-refractivity contribution in [1.82, 2.24) is 20.5 Å². The summed E-state index contributed by atoms with van der Waals surface area (Å²) in [6.07, 6.45) is 4.73. The quantitative estimate of drug-likeness (QED) is 0.585. The fraction of sp³-hybridized carbons (Fsp3) is 0.750. The molecule has 2 rings (SSSR count). The van der Waals surface area contributed by atoms with Gasteiger partial charge in [-0.1, -0.05) is 12.8 Å². The van der Waals surface area contributed by atoms with E-state index >= 15 is 0 Å². The summed E-state index contributed by atoms with van der Waals surface area (Å²) in [7, 11) is 0. The average Bonchev–Trinajstić information content (AvgIpc) is 2.43. The maximum atomic E-state index is 10.8. The molecule has 5 nitrogen and oxygen atoms in total. The largest absolute Gasteiger partial charge is 0.340 e. The third-order valence-electron chi connectivity index (χ3n) is 2.41. The van der Waals surface area contributed by atoms with Gasteiger partial charge in [0, 0.05) is 0 Å². The summed E-state index contributed by atoms with van der Waals surface area (Å²) in [5.41, 5.74) is -0.221. The maximum Gasteiger partial charge on any atom is 0.340 e. The summed E-state index contributed by atoms with van der Waals surface area (Å²) >= 11 is 0. The molecule has 1 atom stereocenters. The van der Waals surface area contributed by atoms with E-state index in [1.807, 2.05) is 0 Å². The molecule has 1 saturated heterocycles. The molecule has 0 radical (unpaired) electrons. The van der Waals surface area contributed by atoms with E-state index in [0.29, 0.717) is 0 Å². The molecule has 1 aromatic heterocycles. The lowest BCUT2D eigenvalue weighted by molar-refractivity contribution is 0.509. The van der Waals surface area contributed by atoms with Gasteiger partial charge in [-0.15, -0.1) is 0 Å². The van der Waals surface area contributed by atoms with Crippen LogP contribution >= 0.6 is 0 Å². The van der Waals surface area contributed by atoms with Crippen LogP contribution in [0.15, 0.2) is 4.79 Å². The zero-order chi connectivity index (χ0) is 9.10. The van der Waals surface area contributed by atoms with Crippen molar-refractivity contribution in [2.24, 2.45) is 0 Å². The number of aromatic amines is 2. The molecule has 1 aliphatic heterocycles. The molecular weight excluding hydrogens is 168 g/mol. The fourth-order valence-corrected chi connectivity index (χ4v) is 1.71. The smallest absolute Gasteiger partial charge is 0.307 e. The number of hydrogen-bond donors (Lipinski definition) is 3. The molecule has 1 fully saturated rings. The number of nitrogens with zero attached hydrogens (tertiary/aromatic N) is 1. The lowest BCUT2D eigenvalue weighted by Crippen LogP contribution is -2.21. The zero-order valence-corrected chi connectivity index (χ0v) is 7.47. The number of aromatic nitrogens is 3. The van der Waals surface area contributed by atoms with Crippen LogP contribution in [-0.2, 0) is 0 Å². The molecule has 0 spiro atoms. The van der Waals surface area contributed by atoms with Gasteiger partial charge in [0.1, 0.15) is 5.82 Å². The fourth-order valence-electron chi connectivity index (χ4n) is 1.71. The summed E-state index contributed by atoms with van der Waals surface area (Å²) < 4.78 is 0. The topological polar surface area (TPSA) is 73.6 Å². The highest BCUT2D eigenvalue weighted by Crippen LogP contribution is 2.18. The van der Waals surface area contributed by atoms with Gasteiger partial charge >= 0.3 is 5.69 Å². The lowest BCUT2D eigenvalue weighted by atomic mass is 10.1. The predicted octanol–water partition coefficient (Wildman–Crippen LogP) is 0.303. The number of H-pyrrole nitrogens is 2. The van der Waals surface area contributed by atoms with Crippen LogP contribution in [0.5, 0.6) is 0 Å².